The van der Waals surface area contributed by atoms with E-state index in [0.717, 1.165) is 30.5 Å². The molecule has 22 heavy (non-hydrogen) atoms. The Morgan fingerprint density at radius 1 is 1.00 bits per heavy atom. The average Bonchev–Trinajstić information content (AvgIpc) is 2.89. The van der Waals surface area contributed by atoms with Crippen molar-refractivity contribution in [2.75, 3.05) is 4.90 Å². The summed E-state index contributed by atoms with van der Waals surface area (Å²) in [5.41, 5.74) is 6.00. The van der Waals surface area contributed by atoms with Crippen molar-refractivity contribution in [1.82, 2.24) is 0 Å². The molecule has 0 saturated heterocycles. The van der Waals surface area contributed by atoms with Crippen molar-refractivity contribution in [1.29, 1.82) is 0 Å². The summed E-state index contributed by atoms with van der Waals surface area (Å²) in [6, 6.07) is 14.8. The first-order valence-electron chi connectivity index (χ1n) is 8.27. The van der Waals surface area contributed by atoms with Gasteiger partial charge in [-0.25, -0.2) is 0 Å². The van der Waals surface area contributed by atoms with Crippen LogP contribution in [-0.4, -0.2) is 11.9 Å². The van der Waals surface area contributed by atoms with Crippen molar-refractivity contribution in [2.24, 2.45) is 0 Å². The van der Waals surface area contributed by atoms with Gasteiger partial charge in [-0.15, -0.1) is 0 Å². The zero-order chi connectivity index (χ0) is 15.1. The van der Waals surface area contributed by atoms with Crippen molar-refractivity contribution >= 4 is 11.6 Å². The minimum atomic E-state index is 0.144. The van der Waals surface area contributed by atoms with Crippen molar-refractivity contribution in [3.05, 3.63) is 64.7 Å². The molecule has 0 unspecified atom stereocenters. The van der Waals surface area contributed by atoms with Gasteiger partial charge in [-0.2, -0.15) is 0 Å². The Bertz CT molecular complexity index is 734. The van der Waals surface area contributed by atoms with Gasteiger partial charge in [0.2, 0.25) is 0 Å². The van der Waals surface area contributed by atoms with Crippen molar-refractivity contribution in [3.63, 3.8) is 0 Å². The van der Waals surface area contributed by atoms with E-state index >= 15 is 0 Å². The van der Waals surface area contributed by atoms with E-state index in [1.54, 1.807) is 0 Å². The number of amides is 1. The zero-order valence-electron chi connectivity index (χ0n) is 13.0. The molecule has 1 amide bonds. The maximum atomic E-state index is 13.0. The molecule has 1 aliphatic heterocycles. The van der Waals surface area contributed by atoms with Crippen molar-refractivity contribution < 1.29 is 4.79 Å². The molecule has 1 atom stereocenters. The molecular formula is C20H21NO. The summed E-state index contributed by atoms with van der Waals surface area (Å²) in [6.07, 6.45) is 5.74. The Morgan fingerprint density at radius 3 is 2.64 bits per heavy atom. The van der Waals surface area contributed by atoms with Gasteiger partial charge in [-0.3, -0.25) is 4.79 Å². The molecule has 112 valence electrons. The predicted octanol–water partition coefficient (Wildman–Crippen LogP) is 4.16. The van der Waals surface area contributed by atoms with Crippen molar-refractivity contribution in [3.8, 4) is 0 Å². The van der Waals surface area contributed by atoms with E-state index in [2.05, 4.69) is 37.3 Å². The molecular weight excluding hydrogens is 270 g/mol. The molecule has 1 aliphatic carbocycles. The van der Waals surface area contributed by atoms with E-state index in [9.17, 15) is 4.79 Å². The van der Waals surface area contributed by atoms with E-state index in [1.807, 2.05) is 17.0 Å². The SMILES string of the molecule is C[C@@H]1Cc2ccccc2N1C(=O)c1ccc2c(c1)CCCC2. The molecule has 0 saturated carbocycles. The topological polar surface area (TPSA) is 20.3 Å². The summed E-state index contributed by atoms with van der Waals surface area (Å²) in [5, 5.41) is 0. The highest BCUT2D eigenvalue weighted by Crippen LogP contribution is 2.33. The van der Waals surface area contributed by atoms with Crippen LogP contribution in [0.15, 0.2) is 42.5 Å². The number of carbonyl (C=O) groups is 1. The van der Waals surface area contributed by atoms with Crippen LogP contribution in [-0.2, 0) is 19.3 Å². The first kappa shape index (κ1) is 13.6. The lowest BCUT2D eigenvalue weighted by Crippen LogP contribution is -2.35. The minimum Gasteiger partial charge on any atom is -0.305 e. The molecule has 0 radical (unpaired) electrons. The summed E-state index contributed by atoms with van der Waals surface area (Å²) in [6.45, 7) is 2.14. The standard InChI is InChI=1S/C20H21NO/c1-14-12-17-8-4-5-9-19(17)21(14)20(22)18-11-10-15-6-2-3-7-16(15)13-18/h4-5,8-11,13-14H,2-3,6-7,12H2,1H3/t14-/m1/s1. The third-order valence-corrected chi connectivity index (χ3v) is 5.02. The second kappa shape index (κ2) is 5.28. The molecule has 0 N–H and O–H groups in total. The van der Waals surface area contributed by atoms with Crippen LogP contribution in [0.1, 0.15) is 46.8 Å². The number of rotatable bonds is 1. The number of anilines is 1. The lowest BCUT2D eigenvalue weighted by Gasteiger charge is -2.24. The number of aryl methyl sites for hydroxylation is 2. The Morgan fingerprint density at radius 2 is 1.77 bits per heavy atom. The highest BCUT2D eigenvalue weighted by molar-refractivity contribution is 6.07. The van der Waals surface area contributed by atoms with Gasteiger partial charge in [-0.1, -0.05) is 24.3 Å². The second-order valence-electron chi connectivity index (χ2n) is 6.55. The number of benzene rings is 2. The summed E-state index contributed by atoms with van der Waals surface area (Å²) in [4.78, 5) is 15.0. The molecule has 2 aromatic rings. The summed E-state index contributed by atoms with van der Waals surface area (Å²) in [5.74, 6) is 0.144. The zero-order valence-corrected chi connectivity index (χ0v) is 13.0. The number of nitrogens with zero attached hydrogens (tertiary/aromatic N) is 1. The van der Waals surface area contributed by atoms with Crippen LogP contribution in [0.4, 0.5) is 5.69 Å². The van der Waals surface area contributed by atoms with E-state index in [1.165, 1.54) is 29.5 Å². The van der Waals surface area contributed by atoms with Gasteiger partial charge in [0.15, 0.2) is 0 Å². The van der Waals surface area contributed by atoms with Gasteiger partial charge in [0.05, 0.1) is 0 Å². The molecule has 0 spiro atoms. The third-order valence-electron chi connectivity index (χ3n) is 5.02. The highest BCUT2D eigenvalue weighted by atomic mass is 16.2. The summed E-state index contributed by atoms with van der Waals surface area (Å²) in [7, 11) is 0. The number of hydrogen-bond donors (Lipinski definition) is 0. The lowest BCUT2D eigenvalue weighted by atomic mass is 9.90. The predicted molar refractivity (Wildman–Crippen MR) is 89.5 cm³/mol. The van der Waals surface area contributed by atoms with Gasteiger partial charge in [0, 0.05) is 17.3 Å². The molecule has 2 aromatic carbocycles. The fraction of sp³-hybridized carbons (Fsp3) is 0.350. The maximum Gasteiger partial charge on any atom is 0.258 e. The first-order chi connectivity index (χ1) is 10.7. The molecule has 0 fully saturated rings. The quantitative estimate of drug-likeness (QED) is 0.772. The smallest absolute Gasteiger partial charge is 0.258 e. The van der Waals surface area contributed by atoms with Gasteiger partial charge in [0.25, 0.3) is 5.91 Å². The second-order valence-corrected chi connectivity index (χ2v) is 6.55. The number of fused-ring (bicyclic) bond motifs is 2. The number of hydrogen-bond acceptors (Lipinski definition) is 1. The Kier molecular flexibility index (Phi) is 3.25. The van der Waals surface area contributed by atoms with E-state index in [-0.39, 0.29) is 11.9 Å². The van der Waals surface area contributed by atoms with Crippen LogP contribution in [0.5, 0.6) is 0 Å². The van der Waals surface area contributed by atoms with Crippen LogP contribution in [0.3, 0.4) is 0 Å². The minimum absolute atomic E-state index is 0.144. The highest BCUT2D eigenvalue weighted by Gasteiger charge is 2.31. The van der Waals surface area contributed by atoms with E-state index < -0.39 is 0 Å². The molecule has 2 heteroatoms. The molecule has 2 nitrogen and oxygen atoms in total. The Hall–Kier alpha value is -2.09. The van der Waals surface area contributed by atoms with Crippen LogP contribution < -0.4 is 4.90 Å². The maximum absolute atomic E-state index is 13.0. The Balaban J connectivity index is 1.70. The monoisotopic (exact) mass is 291 g/mol. The fourth-order valence-electron chi connectivity index (χ4n) is 3.88. The largest absolute Gasteiger partial charge is 0.305 e. The van der Waals surface area contributed by atoms with Gasteiger partial charge >= 0.3 is 0 Å². The van der Waals surface area contributed by atoms with E-state index in [4.69, 9.17) is 0 Å². The van der Waals surface area contributed by atoms with Gasteiger partial charge in [0.1, 0.15) is 0 Å². The van der Waals surface area contributed by atoms with Gasteiger partial charge < -0.3 is 4.90 Å². The van der Waals surface area contributed by atoms with Crippen molar-refractivity contribution in [2.45, 2.75) is 45.1 Å². The molecule has 0 aromatic heterocycles. The van der Waals surface area contributed by atoms with Crippen LogP contribution in [0, 0.1) is 0 Å². The number of carbonyl (C=O) groups excluding carboxylic acids is 1. The van der Waals surface area contributed by atoms with E-state index in [0.29, 0.717) is 0 Å². The normalized spacial score (nSPS) is 19.7. The fourth-order valence-corrected chi connectivity index (χ4v) is 3.88. The molecule has 1 heterocycles. The average molecular weight is 291 g/mol. The lowest BCUT2D eigenvalue weighted by molar-refractivity contribution is 0.0981. The van der Waals surface area contributed by atoms with Gasteiger partial charge in [-0.05, 0) is 73.9 Å². The summed E-state index contributed by atoms with van der Waals surface area (Å²) >= 11 is 0. The third kappa shape index (κ3) is 2.14. The number of para-hydroxylation sites is 1. The first-order valence-corrected chi connectivity index (χ1v) is 8.27. The summed E-state index contributed by atoms with van der Waals surface area (Å²) < 4.78 is 0. The van der Waals surface area contributed by atoms with Crippen LogP contribution >= 0.6 is 0 Å². The van der Waals surface area contributed by atoms with Crippen LogP contribution in [0.2, 0.25) is 0 Å². The van der Waals surface area contributed by atoms with Crippen LogP contribution in [0.25, 0.3) is 0 Å². The Labute approximate surface area is 131 Å². The molecule has 4 rings (SSSR count). The molecule has 2 aliphatic rings. The molecule has 0 bridgehead atoms.